The highest BCUT2D eigenvalue weighted by Gasteiger charge is 3.01. The molecule has 10 heteroatoms. The summed E-state index contributed by atoms with van der Waals surface area (Å²) >= 11 is 0. The van der Waals surface area contributed by atoms with Crippen LogP contribution in [0.15, 0.2) is 11.7 Å². The molecule has 1 fully saturated rings. The van der Waals surface area contributed by atoms with E-state index in [9.17, 15) is 43.9 Å². The molecule has 1 saturated carbocycles. The molecule has 2 aliphatic rings. The molecule has 21 heavy (non-hydrogen) atoms. The first kappa shape index (κ1) is 16.4. The van der Waals surface area contributed by atoms with Gasteiger partial charge >= 0.3 is 6.18 Å². The van der Waals surface area contributed by atoms with Gasteiger partial charge in [-0.1, -0.05) is 13.8 Å². The second kappa shape index (κ2) is 3.68. The van der Waals surface area contributed by atoms with Crippen LogP contribution in [0.2, 0.25) is 0 Å². The molecule has 2 aliphatic carbocycles. The summed E-state index contributed by atoms with van der Waals surface area (Å²) in [5.41, 5.74) is -21.4. The molecule has 0 aromatic carbocycles. The fourth-order valence-electron chi connectivity index (χ4n) is 3.23. The van der Waals surface area contributed by atoms with Gasteiger partial charge in [-0.2, -0.15) is 13.2 Å². The maximum absolute atomic E-state index is 14.6. The standard InChI is InChI=1S/C11H8F10/c1-3(2)9(17)7(15)4(12)5(13)8(16,6(7)14)10(9,18)11(19,20)21/h3,6H,1-2H3. The Morgan fingerprint density at radius 3 is 1.62 bits per heavy atom. The summed E-state index contributed by atoms with van der Waals surface area (Å²) in [6.07, 6.45) is -10.9. The third-order valence-corrected chi connectivity index (χ3v) is 4.25. The maximum Gasteiger partial charge on any atom is 0.429 e. The molecule has 0 aromatic heterocycles. The zero-order valence-corrected chi connectivity index (χ0v) is 10.4. The van der Waals surface area contributed by atoms with E-state index in [0.29, 0.717) is 13.8 Å². The highest BCUT2D eigenvalue weighted by Crippen LogP contribution is 2.76. The summed E-state index contributed by atoms with van der Waals surface area (Å²) in [7, 11) is 0. The number of halogens is 10. The lowest BCUT2D eigenvalue weighted by Gasteiger charge is -2.46. The van der Waals surface area contributed by atoms with E-state index in [1.807, 2.05) is 0 Å². The topological polar surface area (TPSA) is 0 Å². The zero-order valence-electron chi connectivity index (χ0n) is 10.4. The number of allylic oxidation sites excluding steroid dienone is 2. The van der Waals surface area contributed by atoms with Crippen molar-refractivity contribution in [1.29, 1.82) is 0 Å². The van der Waals surface area contributed by atoms with Gasteiger partial charge in [-0.3, -0.25) is 0 Å². The average molecular weight is 330 g/mol. The molecule has 0 N–H and O–H groups in total. The van der Waals surface area contributed by atoms with Gasteiger partial charge in [0.2, 0.25) is 17.0 Å². The van der Waals surface area contributed by atoms with Gasteiger partial charge in [-0.15, -0.1) is 0 Å². The Morgan fingerprint density at radius 2 is 1.29 bits per heavy atom. The highest BCUT2D eigenvalue weighted by atomic mass is 19.4. The van der Waals surface area contributed by atoms with Crippen molar-refractivity contribution in [2.24, 2.45) is 5.92 Å². The molecule has 2 bridgehead atoms. The van der Waals surface area contributed by atoms with E-state index in [1.54, 1.807) is 0 Å². The smallest absolute Gasteiger partial charge is 0.239 e. The van der Waals surface area contributed by atoms with E-state index in [2.05, 4.69) is 0 Å². The van der Waals surface area contributed by atoms with Crippen molar-refractivity contribution >= 4 is 0 Å². The Morgan fingerprint density at radius 1 is 0.905 bits per heavy atom. The monoisotopic (exact) mass is 330 g/mol. The normalized spacial score (nSPS) is 50.4. The van der Waals surface area contributed by atoms with Crippen LogP contribution in [-0.4, -0.2) is 35.0 Å². The van der Waals surface area contributed by atoms with Gasteiger partial charge in [0.25, 0.3) is 5.67 Å². The highest BCUT2D eigenvalue weighted by molar-refractivity contribution is 5.54. The van der Waals surface area contributed by atoms with Crippen molar-refractivity contribution in [3.05, 3.63) is 11.7 Å². The molecule has 122 valence electrons. The third-order valence-electron chi connectivity index (χ3n) is 4.25. The van der Waals surface area contributed by atoms with E-state index in [-0.39, 0.29) is 0 Å². The fraction of sp³-hybridized carbons (Fsp3) is 0.818. The summed E-state index contributed by atoms with van der Waals surface area (Å²) in [5, 5.41) is 0. The van der Waals surface area contributed by atoms with Gasteiger partial charge < -0.3 is 0 Å². The lowest BCUT2D eigenvalue weighted by Crippen LogP contribution is -2.71. The Hall–Kier alpha value is -0.960. The van der Waals surface area contributed by atoms with Gasteiger partial charge in [-0.25, -0.2) is 30.7 Å². The molecule has 5 unspecified atom stereocenters. The largest absolute Gasteiger partial charge is 0.429 e. The lowest BCUT2D eigenvalue weighted by molar-refractivity contribution is -0.314. The molecule has 0 amide bonds. The third kappa shape index (κ3) is 1.16. The van der Waals surface area contributed by atoms with Crippen LogP contribution in [0.5, 0.6) is 0 Å². The maximum atomic E-state index is 14.6. The van der Waals surface area contributed by atoms with Crippen LogP contribution in [-0.2, 0) is 0 Å². The second-order valence-corrected chi connectivity index (χ2v) is 5.44. The zero-order chi connectivity index (χ0) is 16.8. The Balaban J connectivity index is 2.97. The molecule has 0 saturated heterocycles. The second-order valence-electron chi connectivity index (χ2n) is 5.44. The Kier molecular flexibility index (Phi) is 2.88. The molecule has 0 aliphatic heterocycles. The number of fused-ring (bicyclic) bond motifs is 2. The predicted octanol–water partition coefficient (Wildman–Crippen LogP) is 4.55. The van der Waals surface area contributed by atoms with E-state index in [4.69, 9.17) is 0 Å². The van der Waals surface area contributed by atoms with Crippen molar-refractivity contribution in [3.63, 3.8) is 0 Å². The Bertz CT molecular complexity index is 524. The SMILES string of the molecule is CC(C)C1(F)C2(F)C(F)=C(F)C(F)(C2F)C1(F)C(F)(F)F. The van der Waals surface area contributed by atoms with Crippen molar-refractivity contribution in [2.75, 3.05) is 0 Å². The van der Waals surface area contributed by atoms with Crippen LogP contribution in [0.1, 0.15) is 13.8 Å². The van der Waals surface area contributed by atoms with Crippen molar-refractivity contribution in [1.82, 2.24) is 0 Å². The molecular weight excluding hydrogens is 322 g/mol. The van der Waals surface area contributed by atoms with Gasteiger partial charge in [0.15, 0.2) is 17.8 Å². The van der Waals surface area contributed by atoms with E-state index < -0.39 is 52.6 Å². The first-order valence-corrected chi connectivity index (χ1v) is 5.69. The van der Waals surface area contributed by atoms with Crippen LogP contribution in [0, 0.1) is 5.92 Å². The molecule has 0 nitrogen and oxygen atoms in total. The van der Waals surface area contributed by atoms with Crippen LogP contribution >= 0.6 is 0 Å². The quantitative estimate of drug-likeness (QED) is 0.619. The summed E-state index contributed by atoms with van der Waals surface area (Å²) in [5.74, 6) is -8.61. The first-order valence-electron chi connectivity index (χ1n) is 5.69. The van der Waals surface area contributed by atoms with Crippen LogP contribution in [0.25, 0.3) is 0 Å². The average Bonchev–Trinajstić information content (AvgIpc) is 2.56. The Labute approximate surface area is 111 Å². The number of alkyl halides is 8. The molecule has 2 rings (SSSR count). The van der Waals surface area contributed by atoms with E-state index in [1.165, 1.54) is 0 Å². The molecule has 5 atom stereocenters. The van der Waals surface area contributed by atoms with Crippen molar-refractivity contribution in [2.45, 2.75) is 48.9 Å². The number of hydrogen-bond donors (Lipinski definition) is 0. The first-order chi connectivity index (χ1) is 9.16. The number of hydrogen-bond acceptors (Lipinski definition) is 0. The van der Waals surface area contributed by atoms with Gasteiger partial charge in [0.1, 0.15) is 0 Å². The molecule has 0 radical (unpaired) electrons. The molecule has 0 heterocycles. The summed E-state index contributed by atoms with van der Waals surface area (Å²) < 4.78 is 136. The molecule has 0 aromatic rings. The minimum atomic E-state index is -6.52. The summed E-state index contributed by atoms with van der Waals surface area (Å²) in [6.45, 7) is 0.951. The predicted molar refractivity (Wildman–Crippen MR) is 50.4 cm³/mol. The van der Waals surface area contributed by atoms with Gasteiger partial charge in [0.05, 0.1) is 0 Å². The summed E-state index contributed by atoms with van der Waals surface area (Å²) in [4.78, 5) is 0. The molecule has 0 spiro atoms. The number of rotatable bonds is 1. The minimum Gasteiger partial charge on any atom is -0.239 e. The van der Waals surface area contributed by atoms with E-state index in [0.717, 1.165) is 0 Å². The van der Waals surface area contributed by atoms with Gasteiger partial charge in [-0.05, 0) is 5.92 Å². The van der Waals surface area contributed by atoms with Crippen LogP contribution < -0.4 is 0 Å². The van der Waals surface area contributed by atoms with Crippen molar-refractivity contribution < 1.29 is 43.9 Å². The lowest BCUT2D eigenvalue weighted by atomic mass is 9.68. The summed E-state index contributed by atoms with van der Waals surface area (Å²) in [6, 6.07) is 0. The van der Waals surface area contributed by atoms with Crippen LogP contribution in [0.3, 0.4) is 0 Å². The fourth-order valence-corrected chi connectivity index (χ4v) is 3.23. The minimum absolute atomic E-state index is 0.476. The van der Waals surface area contributed by atoms with Crippen molar-refractivity contribution in [3.8, 4) is 0 Å². The van der Waals surface area contributed by atoms with Crippen LogP contribution in [0.4, 0.5) is 43.9 Å². The van der Waals surface area contributed by atoms with Gasteiger partial charge in [0, 0.05) is 0 Å². The molecular formula is C11H8F10. The van der Waals surface area contributed by atoms with E-state index >= 15 is 0 Å².